The molecule has 0 aromatic heterocycles. The van der Waals surface area contributed by atoms with Gasteiger partial charge in [-0.3, -0.25) is 0 Å². The Balaban J connectivity index is 0.00000169. The van der Waals surface area contributed by atoms with Gasteiger partial charge in [0, 0.05) is 0 Å². The summed E-state index contributed by atoms with van der Waals surface area (Å²) in [6.07, 6.45) is 4.36. The van der Waals surface area contributed by atoms with E-state index in [1.807, 2.05) is 0 Å². The van der Waals surface area contributed by atoms with E-state index < -0.39 is 5.69 Å². The molecule has 82 valence electrons. The molecule has 1 aliphatic rings. The third-order valence-electron chi connectivity index (χ3n) is 2.67. The molecule has 2 nitrogen and oxygen atoms in total. The van der Waals surface area contributed by atoms with Crippen LogP contribution in [0.15, 0.2) is 0 Å². The summed E-state index contributed by atoms with van der Waals surface area (Å²) in [5.41, 5.74) is -3.07. The molecule has 0 spiro atoms. The Morgan fingerprint density at radius 1 is 1.50 bits per heavy atom. The second-order valence-corrected chi connectivity index (χ2v) is 8.96. The van der Waals surface area contributed by atoms with E-state index >= 15 is 0 Å². The molecule has 1 saturated carbocycles. The first kappa shape index (κ1) is 15.7. The summed E-state index contributed by atoms with van der Waals surface area (Å²) in [5, 5.41) is 0. The van der Waals surface area contributed by atoms with Crippen molar-refractivity contribution >= 4 is 53.7 Å². The van der Waals surface area contributed by atoms with Crippen LogP contribution in [0.1, 0.15) is 39.5 Å². The number of rotatable bonds is 2. The third kappa shape index (κ3) is 5.17. The van der Waals surface area contributed by atoms with Crippen LogP contribution in [0.25, 0.3) is 0 Å². The molecule has 1 rings (SSSR count). The monoisotopic (exact) mass is 360 g/mol. The van der Waals surface area contributed by atoms with Crippen LogP contribution in [0.5, 0.6) is 0 Å². The van der Waals surface area contributed by atoms with Crippen molar-refractivity contribution in [3.05, 3.63) is 0 Å². The molecule has 0 saturated heterocycles. The first-order valence-electron chi connectivity index (χ1n) is 4.52. The average molecular weight is 359 g/mol. The summed E-state index contributed by atoms with van der Waals surface area (Å²) >= 11 is 9.23. The van der Waals surface area contributed by atoms with Crippen LogP contribution < -0.4 is 4.89 Å². The first-order chi connectivity index (χ1) is 5.81. The van der Waals surface area contributed by atoms with E-state index in [4.69, 9.17) is 4.52 Å². The van der Waals surface area contributed by atoms with Crippen LogP contribution in [-0.4, -0.2) is 30.0 Å². The SMILES string of the molecule is CC1(C)CCCCC1OP([O-])(=S)[S-].[SnH2+2]. The van der Waals surface area contributed by atoms with Crippen molar-refractivity contribution in [3.63, 3.8) is 0 Å². The fourth-order valence-corrected chi connectivity index (χ4v) is 3.14. The maximum absolute atomic E-state index is 11.2. The van der Waals surface area contributed by atoms with E-state index in [0.717, 1.165) is 19.3 Å². The van der Waals surface area contributed by atoms with Crippen LogP contribution in [0.3, 0.4) is 0 Å². The van der Waals surface area contributed by atoms with Crippen molar-refractivity contribution in [2.75, 3.05) is 0 Å². The molecule has 0 aromatic carbocycles. The maximum atomic E-state index is 11.2. The zero-order valence-corrected chi connectivity index (χ0v) is 15.3. The van der Waals surface area contributed by atoms with Crippen molar-refractivity contribution in [2.45, 2.75) is 45.6 Å². The average Bonchev–Trinajstić information content (AvgIpc) is 1.91. The summed E-state index contributed by atoms with van der Waals surface area (Å²) < 4.78 is 5.28. The van der Waals surface area contributed by atoms with Gasteiger partial charge in [0.15, 0.2) is 0 Å². The van der Waals surface area contributed by atoms with E-state index in [-0.39, 0.29) is 35.4 Å². The van der Waals surface area contributed by atoms with Gasteiger partial charge in [0.05, 0.1) is 6.10 Å². The Kier molecular flexibility index (Phi) is 6.59. The molecule has 2 unspecified atom stereocenters. The molecule has 0 radical (unpaired) electrons. The Morgan fingerprint density at radius 3 is 2.50 bits per heavy atom. The number of hydrogen-bond donors (Lipinski definition) is 0. The van der Waals surface area contributed by atoms with Crippen molar-refractivity contribution < 1.29 is 9.42 Å². The van der Waals surface area contributed by atoms with Crippen LogP contribution in [0, 0.1) is 5.41 Å². The molecule has 0 aromatic rings. The van der Waals surface area contributed by atoms with Gasteiger partial charge in [0.2, 0.25) is 0 Å². The molecule has 0 amide bonds. The van der Waals surface area contributed by atoms with Crippen LogP contribution in [0.2, 0.25) is 0 Å². The van der Waals surface area contributed by atoms with E-state index in [1.54, 1.807) is 0 Å². The summed E-state index contributed by atoms with van der Waals surface area (Å²) in [5.74, 6) is 0. The molecule has 1 fully saturated rings. The molecule has 0 N–H and O–H groups in total. The standard InChI is InChI=1S/C8H17O2PS2.Sn.2H/c1-8(2)6-4-3-5-7(8)10-11(9,12)13;;;/h7H,3-6H2,1-2H3,(H2,9,12,13);;;/q;+2;;/p-2. The second-order valence-electron chi connectivity index (χ2n) is 4.28. The van der Waals surface area contributed by atoms with Crippen molar-refractivity contribution in [1.29, 1.82) is 0 Å². The van der Waals surface area contributed by atoms with Gasteiger partial charge in [-0.05, 0) is 18.3 Å². The minimum atomic E-state index is -3.15. The molecule has 1 aliphatic carbocycles. The molecule has 0 bridgehead atoms. The quantitative estimate of drug-likeness (QED) is 0.421. The van der Waals surface area contributed by atoms with Crippen LogP contribution in [-0.2, 0) is 28.6 Å². The van der Waals surface area contributed by atoms with Crippen molar-refractivity contribution in [3.8, 4) is 0 Å². The Bertz CT molecular complexity index is 229. The fraction of sp³-hybridized carbons (Fsp3) is 1.00. The Labute approximate surface area is 113 Å². The number of hydrogen-bond acceptors (Lipinski definition) is 4. The Morgan fingerprint density at radius 2 is 2.07 bits per heavy atom. The molecule has 2 atom stereocenters. The minimum absolute atomic E-state index is 0. The summed E-state index contributed by atoms with van der Waals surface area (Å²) in [6, 6.07) is 0. The molecule has 0 heterocycles. The topological polar surface area (TPSA) is 32.3 Å². The van der Waals surface area contributed by atoms with Gasteiger partial charge in [-0.2, -0.15) is 0 Å². The van der Waals surface area contributed by atoms with Gasteiger partial charge < -0.3 is 21.7 Å². The summed E-state index contributed by atoms with van der Waals surface area (Å²) in [4.78, 5) is 11.2. The predicted octanol–water partition coefficient (Wildman–Crippen LogP) is 1.19. The van der Waals surface area contributed by atoms with Gasteiger partial charge in [-0.1, -0.05) is 26.7 Å². The van der Waals surface area contributed by atoms with Crippen LogP contribution >= 0.6 is 5.69 Å². The van der Waals surface area contributed by atoms with E-state index in [2.05, 4.69) is 37.9 Å². The third-order valence-corrected chi connectivity index (χ3v) is 3.69. The second kappa shape index (κ2) is 5.87. The normalized spacial score (nSPS) is 30.1. The van der Waals surface area contributed by atoms with Gasteiger partial charge >= 0.3 is 23.9 Å². The molecular weight excluding hydrogens is 342 g/mol. The van der Waals surface area contributed by atoms with Gasteiger partial charge in [0.25, 0.3) is 0 Å². The van der Waals surface area contributed by atoms with Crippen molar-refractivity contribution in [1.82, 2.24) is 0 Å². The summed E-state index contributed by atoms with van der Waals surface area (Å²) in [7, 11) is 0. The zero-order valence-electron chi connectivity index (χ0n) is 8.69. The van der Waals surface area contributed by atoms with Gasteiger partial charge in [-0.25, -0.2) is 0 Å². The summed E-state index contributed by atoms with van der Waals surface area (Å²) in [6.45, 7) is 4.24. The van der Waals surface area contributed by atoms with Gasteiger partial charge in [0.1, 0.15) is 0 Å². The van der Waals surface area contributed by atoms with E-state index in [9.17, 15) is 4.89 Å². The molecule has 0 aliphatic heterocycles. The Hall–Kier alpha value is 1.72. The zero-order chi connectivity index (χ0) is 10.1. The van der Waals surface area contributed by atoms with Crippen LogP contribution in [0.4, 0.5) is 0 Å². The molecule has 14 heavy (non-hydrogen) atoms. The van der Waals surface area contributed by atoms with E-state index in [0.29, 0.717) is 0 Å². The van der Waals surface area contributed by atoms with E-state index in [1.165, 1.54) is 6.42 Å². The fourth-order valence-electron chi connectivity index (χ4n) is 1.81. The van der Waals surface area contributed by atoms with Gasteiger partial charge in [-0.15, -0.1) is 17.5 Å². The van der Waals surface area contributed by atoms with Crippen molar-refractivity contribution in [2.24, 2.45) is 5.41 Å². The molecular formula is C8H17O2PS2Sn. The first-order valence-corrected chi connectivity index (χ1v) is 8.17. The predicted molar refractivity (Wildman–Crippen MR) is 67.3 cm³/mol. The molecule has 6 heteroatoms.